The lowest BCUT2D eigenvalue weighted by molar-refractivity contribution is -0.154. The fourth-order valence-corrected chi connectivity index (χ4v) is 3.50. The van der Waals surface area contributed by atoms with Gasteiger partial charge < -0.3 is 10.2 Å². The van der Waals surface area contributed by atoms with E-state index in [4.69, 9.17) is 0 Å². The molecule has 0 spiro atoms. The van der Waals surface area contributed by atoms with Crippen molar-refractivity contribution >= 4 is 5.97 Å². The van der Waals surface area contributed by atoms with Gasteiger partial charge in [0.25, 0.3) is 0 Å². The molecule has 0 saturated carbocycles. The Kier molecular flexibility index (Phi) is 4.88. The number of aliphatic carboxylic acids is 1. The molecular formula is C17H25NO3. The number of carboxylic acids is 1. The molecule has 0 aliphatic carbocycles. The van der Waals surface area contributed by atoms with E-state index < -0.39 is 11.4 Å². The molecule has 0 bridgehead atoms. The van der Waals surface area contributed by atoms with E-state index in [1.54, 1.807) is 12.1 Å². The van der Waals surface area contributed by atoms with Crippen LogP contribution in [0.5, 0.6) is 5.75 Å². The molecule has 1 aliphatic rings. The van der Waals surface area contributed by atoms with Crippen LogP contribution in [-0.2, 0) is 4.79 Å². The number of rotatable bonds is 5. The molecule has 116 valence electrons. The van der Waals surface area contributed by atoms with E-state index in [1.165, 1.54) is 0 Å². The fraction of sp³-hybridized carbons (Fsp3) is 0.588. The first-order valence-electron chi connectivity index (χ1n) is 7.75. The molecule has 0 aromatic heterocycles. The van der Waals surface area contributed by atoms with Crippen molar-refractivity contribution < 1.29 is 15.0 Å². The van der Waals surface area contributed by atoms with Gasteiger partial charge in [-0.25, -0.2) is 0 Å². The van der Waals surface area contributed by atoms with E-state index in [2.05, 4.69) is 4.90 Å². The number of phenols is 1. The lowest BCUT2D eigenvalue weighted by Gasteiger charge is -2.42. The smallest absolute Gasteiger partial charge is 0.310 e. The third kappa shape index (κ3) is 3.21. The second-order valence-corrected chi connectivity index (χ2v) is 6.14. The van der Waals surface area contributed by atoms with Crippen molar-refractivity contribution in [3.63, 3.8) is 0 Å². The second kappa shape index (κ2) is 6.48. The molecular weight excluding hydrogens is 266 g/mol. The predicted octanol–water partition coefficient (Wildman–Crippen LogP) is 3.42. The van der Waals surface area contributed by atoms with E-state index in [0.29, 0.717) is 13.0 Å². The maximum Gasteiger partial charge on any atom is 0.310 e. The van der Waals surface area contributed by atoms with Gasteiger partial charge in [0.2, 0.25) is 0 Å². The van der Waals surface area contributed by atoms with Crippen molar-refractivity contribution in [2.24, 2.45) is 5.41 Å². The van der Waals surface area contributed by atoms with Gasteiger partial charge in [-0.15, -0.1) is 0 Å². The van der Waals surface area contributed by atoms with E-state index in [-0.39, 0.29) is 11.8 Å². The maximum atomic E-state index is 11.8. The van der Waals surface area contributed by atoms with Gasteiger partial charge in [0.1, 0.15) is 5.75 Å². The van der Waals surface area contributed by atoms with E-state index in [1.807, 2.05) is 26.0 Å². The first kappa shape index (κ1) is 15.8. The van der Waals surface area contributed by atoms with Crippen molar-refractivity contribution in [1.29, 1.82) is 0 Å². The van der Waals surface area contributed by atoms with Crippen molar-refractivity contribution in [3.05, 3.63) is 29.8 Å². The molecule has 2 N–H and O–H groups in total. The molecule has 1 aliphatic heterocycles. The number of nitrogens with zero attached hydrogens (tertiary/aromatic N) is 1. The van der Waals surface area contributed by atoms with Crippen molar-refractivity contribution in [3.8, 4) is 5.75 Å². The Morgan fingerprint density at radius 3 is 2.76 bits per heavy atom. The highest BCUT2D eigenvalue weighted by Gasteiger charge is 2.42. The number of phenolic OH excluding ortho intramolecular Hbond substituents is 1. The highest BCUT2D eigenvalue weighted by atomic mass is 16.4. The Morgan fingerprint density at radius 2 is 2.14 bits per heavy atom. The monoisotopic (exact) mass is 291 g/mol. The predicted molar refractivity (Wildman–Crippen MR) is 82.3 cm³/mol. The largest absolute Gasteiger partial charge is 0.508 e. The number of hydrogen-bond donors (Lipinski definition) is 2. The third-order valence-corrected chi connectivity index (χ3v) is 4.72. The van der Waals surface area contributed by atoms with Gasteiger partial charge in [-0.3, -0.25) is 9.69 Å². The van der Waals surface area contributed by atoms with Crippen LogP contribution in [0.2, 0.25) is 0 Å². The van der Waals surface area contributed by atoms with Crippen LogP contribution in [0.25, 0.3) is 0 Å². The number of benzene rings is 1. The minimum atomic E-state index is -0.682. The van der Waals surface area contributed by atoms with Gasteiger partial charge in [0, 0.05) is 18.2 Å². The Labute approximate surface area is 126 Å². The molecule has 1 saturated heterocycles. The first-order valence-corrected chi connectivity index (χ1v) is 7.75. The van der Waals surface area contributed by atoms with E-state index in [0.717, 1.165) is 31.4 Å². The Balaban J connectivity index is 2.20. The molecule has 1 heterocycles. The highest BCUT2D eigenvalue weighted by Crippen LogP contribution is 2.39. The van der Waals surface area contributed by atoms with Crippen LogP contribution in [0.15, 0.2) is 24.3 Å². The molecule has 4 heteroatoms. The number of carbonyl (C=O) groups is 1. The Morgan fingerprint density at radius 1 is 1.43 bits per heavy atom. The average molecular weight is 291 g/mol. The Bertz CT molecular complexity index is 499. The van der Waals surface area contributed by atoms with Crippen LogP contribution in [-0.4, -0.2) is 34.2 Å². The number of likely N-dealkylation sites (tertiary alicyclic amines) is 1. The number of aromatic hydroxyl groups is 1. The molecule has 2 rings (SSSR count). The number of para-hydroxylation sites is 1. The highest BCUT2D eigenvalue weighted by molar-refractivity contribution is 5.75. The van der Waals surface area contributed by atoms with E-state index >= 15 is 0 Å². The molecule has 0 radical (unpaired) electrons. The zero-order chi connectivity index (χ0) is 15.5. The summed E-state index contributed by atoms with van der Waals surface area (Å²) in [5.74, 6) is -0.398. The summed E-state index contributed by atoms with van der Waals surface area (Å²) < 4.78 is 0. The van der Waals surface area contributed by atoms with Gasteiger partial charge in [-0.05, 0) is 38.8 Å². The van der Waals surface area contributed by atoms with Gasteiger partial charge in [0.05, 0.1) is 5.41 Å². The molecule has 0 amide bonds. The molecule has 4 nitrogen and oxygen atoms in total. The summed E-state index contributed by atoms with van der Waals surface area (Å²) >= 11 is 0. The zero-order valence-corrected chi connectivity index (χ0v) is 12.9. The van der Waals surface area contributed by atoms with Crippen LogP contribution < -0.4 is 0 Å². The van der Waals surface area contributed by atoms with Crippen molar-refractivity contribution in [2.75, 3.05) is 13.1 Å². The average Bonchev–Trinajstić information content (AvgIpc) is 2.47. The lowest BCUT2D eigenvalue weighted by Crippen LogP contribution is -2.48. The topological polar surface area (TPSA) is 60.8 Å². The quantitative estimate of drug-likeness (QED) is 0.872. The van der Waals surface area contributed by atoms with Gasteiger partial charge in [-0.2, -0.15) is 0 Å². The fourth-order valence-electron chi connectivity index (χ4n) is 3.50. The maximum absolute atomic E-state index is 11.8. The summed E-state index contributed by atoms with van der Waals surface area (Å²) in [6.07, 6.45) is 3.24. The summed E-state index contributed by atoms with van der Waals surface area (Å²) in [4.78, 5) is 14.0. The molecule has 1 aromatic rings. The summed E-state index contributed by atoms with van der Waals surface area (Å²) in [7, 11) is 0. The van der Waals surface area contributed by atoms with Crippen molar-refractivity contribution in [1.82, 2.24) is 4.90 Å². The van der Waals surface area contributed by atoms with Crippen LogP contribution in [0.4, 0.5) is 0 Å². The van der Waals surface area contributed by atoms with Crippen LogP contribution in [0.1, 0.15) is 51.1 Å². The zero-order valence-electron chi connectivity index (χ0n) is 12.9. The van der Waals surface area contributed by atoms with Crippen molar-refractivity contribution in [2.45, 2.75) is 45.6 Å². The first-order chi connectivity index (χ1) is 10.00. The summed E-state index contributed by atoms with van der Waals surface area (Å²) in [5.41, 5.74) is 0.237. The molecule has 2 unspecified atom stereocenters. The molecule has 1 aromatic carbocycles. The molecule has 1 fully saturated rings. The number of carboxylic acid groups (broad SMARTS) is 1. The lowest BCUT2D eigenvalue weighted by atomic mass is 9.76. The third-order valence-electron chi connectivity index (χ3n) is 4.72. The molecule has 21 heavy (non-hydrogen) atoms. The van der Waals surface area contributed by atoms with Crippen LogP contribution >= 0.6 is 0 Å². The SMILES string of the molecule is CCCC1(C(=O)O)CCCN(C(C)c2ccccc2O)C1. The summed E-state index contributed by atoms with van der Waals surface area (Å²) in [6, 6.07) is 7.34. The standard InChI is InChI=1S/C17H25NO3/c1-3-9-17(16(20)21)10-6-11-18(12-17)13(2)14-7-4-5-8-15(14)19/h4-5,7-8,13,19H,3,6,9-12H2,1-2H3,(H,20,21). The number of piperidine rings is 1. The minimum absolute atomic E-state index is 0.0297. The van der Waals surface area contributed by atoms with Crippen LogP contribution in [0.3, 0.4) is 0 Å². The summed E-state index contributed by atoms with van der Waals surface area (Å²) in [5, 5.41) is 19.7. The second-order valence-electron chi connectivity index (χ2n) is 6.14. The van der Waals surface area contributed by atoms with Crippen LogP contribution in [0, 0.1) is 5.41 Å². The minimum Gasteiger partial charge on any atom is -0.508 e. The Hall–Kier alpha value is -1.55. The van der Waals surface area contributed by atoms with Gasteiger partial charge in [-0.1, -0.05) is 31.5 Å². The number of hydrogen-bond acceptors (Lipinski definition) is 3. The van der Waals surface area contributed by atoms with E-state index in [9.17, 15) is 15.0 Å². The normalized spacial score (nSPS) is 24.7. The molecule has 2 atom stereocenters. The van der Waals surface area contributed by atoms with Gasteiger partial charge >= 0.3 is 5.97 Å². The van der Waals surface area contributed by atoms with Gasteiger partial charge in [0.15, 0.2) is 0 Å². The summed E-state index contributed by atoms with van der Waals surface area (Å²) in [6.45, 7) is 5.52.